The van der Waals surface area contributed by atoms with Crippen molar-refractivity contribution >= 4 is 26.8 Å². The van der Waals surface area contributed by atoms with E-state index in [1.165, 1.54) is 36.5 Å². The summed E-state index contributed by atoms with van der Waals surface area (Å²) in [7, 11) is -3.90. The van der Waals surface area contributed by atoms with Crippen molar-refractivity contribution in [3.63, 3.8) is 0 Å². The van der Waals surface area contributed by atoms with Gasteiger partial charge in [0.05, 0.1) is 23.1 Å². The minimum atomic E-state index is -3.90. The first-order valence-electron chi connectivity index (χ1n) is 12.2. The second kappa shape index (κ2) is 10.9. The Balaban J connectivity index is 1.51. The molecule has 5 aromatic rings. The van der Waals surface area contributed by atoms with Crippen LogP contribution in [0.5, 0.6) is 5.75 Å². The van der Waals surface area contributed by atoms with E-state index in [1.807, 2.05) is 0 Å². The number of nitrogens with two attached hydrogens (primary N) is 1. The van der Waals surface area contributed by atoms with E-state index in [0.717, 1.165) is 11.6 Å². The first-order chi connectivity index (χ1) is 19.1. The summed E-state index contributed by atoms with van der Waals surface area (Å²) in [6.45, 7) is 0. The Morgan fingerprint density at radius 1 is 1.02 bits per heavy atom. The lowest BCUT2D eigenvalue weighted by Gasteiger charge is -2.22. The summed E-state index contributed by atoms with van der Waals surface area (Å²) in [6.07, 6.45) is 3.20. The standard InChI is InChI=1S/C29H24F2N4O4S/c30-20-10-17(11-21(31)14-20)12-27(35-28(37)13-19-16-34-26-8-5-22(36)15-25(19)26)29-24(2-1-9-33-29)18-3-6-23(7-4-18)40(32,38)39/h1-11,14-16,27,34,36H,12-13H2,(H,35,37)(H2,32,38,39)/t27-/m0/s1. The molecule has 0 aliphatic heterocycles. The predicted octanol–water partition coefficient (Wildman–Crippen LogP) is 4.50. The highest BCUT2D eigenvalue weighted by Crippen LogP contribution is 2.30. The number of aromatic nitrogens is 2. The number of carbonyl (C=O) groups excluding carboxylic acids is 1. The monoisotopic (exact) mass is 562 g/mol. The molecule has 0 bridgehead atoms. The highest BCUT2D eigenvalue weighted by atomic mass is 32.2. The molecule has 0 unspecified atom stereocenters. The van der Waals surface area contributed by atoms with Crippen molar-refractivity contribution in [2.24, 2.45) is 5.14 Å². The van der Waals surface area contributed by atoms with E-state index < -0.39 is 27.7 Å². The number of phenolic OH excluding ortho intramolecular Hbond substituents is 1. The minimum absolute atomic E-state index is 0.0222. The molecule has 0 radical (unpaired) electrons. The van der Waals surface area contributed by atoms with Crippen LogP contribution in [0.25, 0.3) is 22.0 Å². The van der Waals surface area contributed by atoms with Gasteiger partial charge in [0.25, 0.3) is 0 Å². The smallest absolute Gasteiger partial charge is 0.238 e. The molecule has 8 nitrogen and oxygen atoms in total. The van der Waals surface area contributed by atoms with Crippen LogP contribution in [-0.4, -0.2) is 29.4 Å². The van der Waals surface area contributed by atoms with Gasteiger partial charge in [-0.1, -0.05) is 18.2 Å². The van der Waals surface area contributed by atoms with Gasteiger partial charge < -0.3 is 15.4 Å². The zero-order chi connectivity index (χ0) is 28.4. The van der Waals surface area contributed by atoms with Gasteiger partial charge in [-0.25, -0.2) is 22.3 Å². The van der Waals surface area contributed by atoms with Crippen molar-refractivity contribution in [3.8, 4) is 16.9 Å². The minimum Gasteiger partial charge on any atom is -0.508 e. The number of hydrogen-bond donors (Lipinski definition) is 4. The molecular formula is C29H24F2N4O4S. The van der Waals surface area contributed by atoms with Crippen LogP contribution in [0.1, 0.15) is 22.9 Å². The largest absolute Gasteiger partial charge is 0.508 e. The van der Waals surface area contributed by atoms with Crippen molar-refractivity contribution in [2.45, 2.75) is 23.8 Å². The van der Waals surface area contributed by atoms with Crippen LogP contribution in [0.3, 0.4) is 0 Å². The number of fused-ring (bicyclic) bond motifs is 1. The van der Waals surface area contributed by atoms with Crippen LogP contribution in [0.2, 0.25) is 0 Å². The molecule has 2 heterocycles. The zero-order valence-electron chi connectivity index (χ0n) is 20.9. The fourth-order valence-corrected chi connectivity index (χ4v) is 5.19. The Labute approximate surface area is 228 Å². The van der Waals surface area contributed by atoms with Gasteiger partial charge in [0.15, 0.2) is 0 Å². The number of aromatic hydroxyl groups is 1. The fraction of sp³-hybridized carbons (Fsp3) is 0.103. The lowest BCUT2D eigenvalue weighted by molar-refractivity contribution is -0.121. The van der Waals surface area contributed by atoms with Crippen LogP contribution < -0.4 is 10.5 Å². The van der Waals surface area contributed by atoms with Crippen molar-refractivity contribution in [1.29, 1.82) is 0 Å². The molecule has 2 aromatic heterocycles. The summed E-state index contributed by atoms with van der Waals surface area (Å²) < 4.78 is 51.5. The molecule has 1 atom stereocenters. The number of hydrogen-bond acceptors (Lipinski definition) is 5. The van der Waals surface area contributed by atoms with Gasteiger partial charge in [0.1, 0.15) is 17.4 Å². The molecule has 5 rings (SSSR count). The van der Waals surface area contributed by atoms with Gasteiger partial charge in [-0.15, -0.1) is 0 Å². The molecule has 0 aliphatic carbocycles. The predicted molar refractivity (Wildman–Crippen MR) is 146 cm³/mol. The number of primary sulfonamides is 1. The highest BCUT2D eigenvalue weighted by molar-refractivity contribution is 7.89. The van der Waals surface area contributed by atoms with E-state index >= 15 is 0 Å². The van der Waals surface area contributed by atoms with Gasteiger partial charge in [0, 0.05) is 34.9 Å². The molecule has 0 saturated carbocycles. The molecule has 0 aliphatic rings. The van der Waals surface area contributed by atoms with Gasteiger partial charge in [-0.05, 0) is 71.6 Å². The number of amides is 1. The average molecular weight is 563 g/mol. The van der Waals surface area contributed by atoms with Crippen molar-refractivity contribution in [2.75, 3.05) is 0 Å². The first kappa shape index (κ1) is 27.0. The number of pyridine rings is 1. The maximum absolute atomic E-state index is 14.0. The lowest BCUT2D eigenvalue weighted by Crippen LogP contribution is -2.32. The number of rotatable bonds is 8. The number of nitrogens with zero attached hydrogens (tertiary/aromatic N) is 1. The molecule has 40 heavy (non-hydrogen) atoms. The Bertz CT molecular complexity index is 1800. The van der Waals surface area contributed by atoms with Crippen molar-refractivity contribution in [1.82, 2.24) is 15.3 Å². The van der Waals surface area contributed by atoms with Gasteiger partial charge in [-0.3, -0.25) is 9.78 Å². The summed E-state index contributed by atoms with van der Waals surface area (Å²) >= 11 is 0. The van der Waals surface area contributed by atoms with Crippen LogP contribution in [-0.2, 0) is 27.7 Å². The summed E-state index contributed by atoms with van der Waals surface area (Å²) in [6, 6.07) is 16.4. The maximum atomic E-state index is 14.0. The third-order valence-electron chi connectivity index (χ3n) is 6.46. The summed E-state index contributed by atoms with van der Waals surface area (Å²) in [5, 5.41) is 18.7. The summed E-state index contributed by atoms with van der Waals surface area (Å²) in [5.41, 5.74) is 3.32. The fourth-order valence-electron chi connectivity index (χ4n) is 4.68. The van der Waals surface area contributed by atoms with Gasteiger partial charge >= 0.3 is 0 Å². The average Bonchev–Trinajstić information content (AvgIpc) is 3.28. The van der Waals surface area contributed by atoms with E-state index in [-0.39, 0.29) is 29.4 Å². The second-order valence-corrected chi connectivity index (χ2v) is 10.9. The van der Waals surface area contributed by atoms with Crippen LogP contribution in [0.15, 0.2) is 90.1 Å². The van der Waals surface area contributed by atoms with E-state index in [1.54, 1.807) is 42.6 Å². The molecule has 0 fully saturated rings. The zero-order valence-corrected chi connectivity index (χ0v) is 21.8. The molecule has 5 N–H and O–H groups in total. The third kappa shape index (κ3) is 6.00. The second-order valence-electron chi connectivity index (χ2n) is 9.33. The Morgan fingerprint density at radius 2 is 1.75 bits per heavy atom. The summed E-state index contributed by atoms with van der Waals surface area (Å²) in [5.74, 6) is -1.82. The van der Waals surface area contributed by atoms with Crippen molar-refractivity contribution < 1.29 is 27.1 Å². The molecular weight excluding hydrogens is 538 g/mol. The number of nitrogens with one attached hydrogen (secondary N) is 2. The third-order valence-corrected chi connectivity index (χ3v) is 7.39. The number of halogens is 2. The Kier molecular flexibility index (Phi) is 7.33. The number of H-pyrrole nitrogens is 1. The number of benzene rings is 3. The Hall–Kier alpha value is -4.61. The Morgan fingerprint density at radius 3 is 2.45 bits per heavy atom. The van der Waals surface area contributed by atoms with Crippen molar-refractivity contribution in [3.05, 3.63) is 114 Å². The number of phenols is 1. The van der Waals surface area contributed by atoms with E-state index in [2.05, 4.69) is 15.3 Å². The quantitative estimate of drug-likeness (QED) is 0.221. The molecule has 204 valence electrons. The van der Waals surface area contributed by atoms with Crippen LogP contribution >= 0.6 is 0 Å². The maximum Gasteiger partial charge on any atom is 0.238 e. The number of sulfonamides is 1. The van der Waals surface area contributed by atoms with E-state index in [4.69, 9.17) is 5.14 Å². The topological polar surface area (TPSA) is 138 Å². The molecule has 1 amide bonds. The van der Waals surface area contributed by atoms with E-state index in [9.17, 15) is 27.1 Å². The summed E-state index contributed by atoms with van der Waals surface area (Å²) in [4.78, 5) is 20.8. The number of aromatic amines is 1. The molecule has 0 spiro atoms. The van der Waals surface area contributed by atoms with E-state index in [0.29, 0.717) is 33.3 Å². The molecule has 3 aromatic carbocycles. The lowest BCUT2D eigenvalue weighted by atomic mass is 9.95. The first-order valence-corrected chi connectivity index (χ1v) is 13.7. The SMILES string of the molecule is NS(=O)(=O)c1ccc(-c2cccnc2[C@H](Cc2cc(F)cc(F)c2)NC(=O)Cc2c[nH]c3ccc(O)cc23)cc1. The van der Waals surface area contributed by atoms with Gasteiger partial charge in [-0.2, -0.15) is 0 Å². The molecule has 11 heteroatoms. The molecule has 0 saturated heterocycles. The van der Waals surface area contributed by atoms with Gasteiger partial charge in [0.2, 0.25) is 15.9 Å². The highest BCUT2D eigenvalue weighted by Gasteiger charge is 2.22. The number of carbonyl (C=O) groups is 1. The normalized spacial score (nSPS) is 12.4. The van der Waals surface area contributed by atoms with Crippen LogP contribution in [0.4, 0.5) is 8.78 Å². The van der Waals surface area contributed by atoms with Crippen LogP contribution in [0, 0.1) is 11.6 Å².